The van der Waals surface area contributed by atoms with Gasteiger partial charge in [0.1, 0.15) is 6.04 Å². The molecule has 132 valence electrons. The number of nitrogens with zero attached hydrogens (tertiary/aromatic N) is 1. The van der Waals surface area contributed by atoms with Crippen LogP contribution >= 0.6 is 0 Å². The molecule has 0 radical (unpaired) electrons. The smallest absolute Gasteiger partial charge is 0.260 e. The first-order valence-corrected chi connectivity index (χ1v) is 7.58. The summed E-state index contributed by atoms with van der Waals surface area (Å²) in [4.78, 5) is 34.1. The summed E-state index contributed by atoms with van der Waals surface area (Å²) >= 11 is 0. The molecule has 0 aliphatic heterocycles. The minimum atomic E-state index is -0.769. The molecule has 8 heteroatoms. The molecule has 0 saturated heterocycles. The van der Waals surface area contributed by atoms with Crippen LogP contribution in [0.2, 0.25) is 0 Å². The van der Waals surface area contributed by atoms with E-state index >= 15 is 0 Å². The number of carbonyl (C=O) groups is 3. The van der Waals surface area contributed by atoms with Gasteiger partial charge in [-0.2, -0.15) is 0 Å². The van der Waals surface area contributed by atoms with Gasteiger partial charge >= 0.3 is 0 Å². The van der Waals surface area contributed by atoms with Crippen molar-refractivity contribution in [2.75, 3.05) is 13.8 Å². The fraction of sp³-hybridized carbons (Fsp3) is 0.438. The van der Waals surface area contributed by atoms with Gasteiger partial charge in [-0.1, -0.05) is 30.3 Å². The molecular weight excluding hydrogens is 312 g/mol. The van der Waals surface area contributed by atoms with Gasteiger partial charge in [-0.3, -0.25) is 30.1 Å². The Morgan fingerprint density at radius 2 is 1.83 bits per heavy atom. The second-order valence-corrected chi connectivity index (χ2v) is 5.33. The van der Waals surface area contributed by atoms with E-state index in [2.05, 4.69) is 16.1 Å². The summed E-state index contributed by atoms with van der Waals surface area (Å²) in [7, 11) is 1.40. The number of nitrogens with one attached hydrogen (secondary N) is 3. The number of hydrazine groups is 1. The van der Waals surface area contributed by atoms with Crippen molar-refractivity contribution in [1.82, 2.24) is 21.1 Å². The SMILES string of the molecule is CC(NCOCc1ccccc1)C(=O)NC(C)C(=O)NN(C)C=O. The molecule has 8 nitrogen and oxygen atoms in total. The Bertz CT molecular complexity index is 538. The Kier molecular flexibility index (Phi) is 8.45. The summed E-state index contributed by atoms with van der Waals surface area (Å²) in [6.45, 7) is 3.85. The molecule has 0 aliphatic carbocycles. The lowest BCUT2D eigenvalue weighted by atomic mass is 10.2. The van der Waals surface area contributed by atoms with Gasteiger partial charge in [-0.25, -0.2) is 0 Å². The quantitative estimate of drug-likeness (QED) is 0.237. The van der Waals surface area contributed by atoms with Gasteiger partial charge in [0.15, 0.2) is 0 Å². The number of benzene rings is 1. The maximum Gasteiger partial charge on any atom is 0.260 e. The lowest BCUT2D eigenvalue weighted by Crippen LogP contribution is -2.53. The first kappa shape index (κ1) is 19.6. The van der Waals surface area contributed by atoms with Crippen LogP contribution in [0.15, 0.2) is 30.3 Å². The summed E-state index contributed by atoms with van der Waals surface area (Å²) in [5, 5.41) is 6.45. The Balaban J connectivity index is 2.26. The third-order valence-electron chi connectivity index (χ3n) is 3.19. The molecule has 1 rings (SSSR count). The number of ether oxygens (including phenoxy) is 1. The molecule has 24 heavy (non-hydrogen) atoms. The number of rotatable bonds is 10. The van der Waals surface area contributed by atoms with Crippen LogP contribution in [0.3, 0.4) is 0 Å². The summed E-state index contributed by atoms with van der Waals surface area (Å²) in [5.41, 5.74) is 3.35. The molecule has 3 N–H and O–H groups in total. The summed E-state index contributed by atoms with van der Waals surface area (Å²) in [5.74, 6) is -0.819. The normalized spacial score (nSPS) is 12.8. The molecule has 1 aromatic carbocycles. The molecular formula is C16H24N4O4. The van der Waals surface area contributed by atoms with E-state index < -0.39 is 18.0 Å². The number of amides is 3. The zero-order valence-electron chi connectivity index (χ0n) is 14.1. The van der Waals surface area contributed by atoms with E-state index in [9.17, 15) is 14.4 Å². The van der Waals surface area contributed by atoms with Crippen molar-refractivity contribution >= 4 is 18.2 Å². The molecule has 2 unspecified atom stereocenters. The highest BCUT2D eigenvalue weighted by Gasteiger charge is 2.19. The average Bonchev–Trinajstić information content (AvgIpc) is 2.58. The number of hydrogen-bond donors (Lipinski definition) is 3. The largest absolute Gasteiger partial charge is 0.362 e. The maximum absolute atomic E-state index is 12.0. The summed E-state index contributed by atoms with van der Waals surface area (Å²) in [6.07, 6.45) is 0.459. The highest BCUT2D eigenvalue weighted by Crippen LogP contribution is 1.99. The topological polar surface area (TPSA) is 99.8 Å². The van der Waals surface area contributed by atoms with Gasteiger partial charge in [0, 0.05) is 7.05 Å². The first-order valence-electron chi connectivity index (χ1n) is 7.58. The molecule has 3 amide bonds. The zero-order valence-corrected chi connectivity index (χ0v) is 14.1. The molecule has 0 heterocycles. The second-order valence-electron chi connectivity index (χ2n) is 5.33. The maximum atomic E-state index is 12.0. The first-order chi connectivity index (χ1) is 11.4. The van der Waals surface area contributed by atoms with Gasteiger partial charge < -0.3 is 10.1 Å². The molecule has 0 bridgehead atoms. The number of carbonyl (C=O) groups excluding carboxylic acids is 3. The fourth-order valence-electron chi connectivity index (χ4n) is 1.72. The van der Waals surface area contributed by atoms with Crippen LogP contribution in [-0.2, 0) is 25.7 Å². The Morgan fingerprint density at radius 3 is 2.46 bits per heavy atom. The van der Waals surface area contributed by atoms with Crippen molar-refractivity contribution in [2.45, 2.75) is 32.5 Å². The zero-order chi connectivity index (χ0) is 17.9. The van der Waals surface area contributed by atoms with Crippen molar-refractivity contribution < 1.29 is 19.1 Å². The lowest BCUT2D eigenvalue weighted by Gasteiger charge is -2.20. The van der Waals surface area contributed by atoms with Crippen molar-refractivity contribution in [3.63, 3.8) is 0 Å². The summed E-state index contributed by atoms with van der Waals surface area (Å²) < 4.78 is 5.44. The van der Waals surface area contributed by atoms with Crippen LogP contribution in [0, 0.1) is 0 Å². The third kappa shape index (κ3) is 7.21. The van der Waals surface area contributed by atoms with E-state index in [0.717, 1.165) is 10.6 Å². The van der Waals surface area contributed by atoms with Gasteiger partial charge in [-0.15, -0.1) is 0 Å². The third-order valence-corrected chi connectivity index (χ3v) is 3.19. The molecule has 0 saturated carbocycles. The highest BCUT2D eigenvalue weighted by atomic mass is 16.5. The highest BCUT2D eigenvalue weighted by molar-refractivity contribution is 5.89. The molecule has 0 aliphatic rings. The van der Waals surface area contributed by atoms with E-state index in [1.165, 1.54) is 14.0 Å². The van der Waals surface area contributed by atoms with Gasteiger partial charge in [0.05, 0.1) is 19.4 Å². The van der Waals surface area contributed by atoms with Crippen molar-refractivity contribution in [2.24, 2.45) is 0 Å². The van der Waals surface area contributed by atoms with Gasteiger partial charge in [0.25, 0.3) is 5.91 Å². The van der Waals surface area contributed by atoms with E-state index in [1.807, 2.05) is 30.3 Å². The fourth-order valence-corrected chi connectivity index (χ4v) is 1.72. The van der Waals surface area contributed by atoms with Crippen molar-refractivity contribution in [3.05, 3.63) is 35.9 Å². The molecule has 2 atom stereocenters. The van der Waals surface area contributed by atoms with Crippen LogP contribution in [-0.4, -0.2) is 49.1 Å². The minimum Gasteiger partial charge on any atom is -0.362 e. The second kappa shape index (κ2) is 10.3. The van der Waals surface area contributed by atoms with E-state index in [1.54, 1.807) is 6.92 Å². The number of hydrogen-bond acceptors (Lipinski definition) is 5. The van der Waals surface area contributed by atoms with Crippen molar-refractivity contribution in [1.29, 1.82) is 0 Å². The molecule has 0 fully saturated rings. The molecule has 1 aromatic rings. The molecule has 0 spiro atoms. The van der Waals surface area contributed by atoms with Crippen molar-refractivity contribution in [3.8, 4) is 0 Å². The molecule has 0 aromatic heterocycles. The Labute approximate surface area is 141 Å². The van der Waals surface area contributed by atoms with Crippen LogP contribution < -0.4 is 16.1 Å². The minimum absolute atomic E-state index is 0.206. The van der Waals surface area contributed by atoms with Crippen LogP contribution in [0.4, 0.5) is 0 Å². The Hall–Kier alpha value is -2.45. The average molecular weight is 336 g/mol. The van der Waals surface area contributed by atoms with Crippen LogP contribution in [0.1, 0.15) is 19.4 Å². The van der Waals surface area contributed by atoms with Gasteiger partial charge in [-0.05, 0) is 19.4 Å². The predicted octanol–water partition coefficient (Wildman–Crippen LogP) is -0.237. The predicted molar refractivity (Wildman–Crippen MR) is 88.3 cm³/mol. The van der Waals surface area contributed by atoms with E-state index in [4.69, 9.17) is 4.74 Å². The van der Waals surface area contributed by atoms with Crippen LogP contribution in [0.5, 0.6) is 0 Å². The standard InChI is InChI=1S/C16H24N4O4/c1-12(17-10-24-9-14-7-5-4-6-8-14)15(22)18-13(2)16(23)19-20(3)11-21/h4-8,11-13,17H,9-10H2,1-3H3,(H,18,22)(H,19,23). The monoisotopic (exact) mass is 336 g/mol. The van der Waals surface area contributed by atoms with Gasteiger partial charge in [0.2, 0.25) is 12.3 Å². The summed E-state index contributed by atoms with van der Waals surface area (Å²) in [6, 6.07) is 8.39. The van der Waals surface area contributed by atoms with Crippen LogP contribution in [0.25, 0.3) is 0 Å². The Morgan fingerprint density at radius 1 is 1.17 bits per heavy atom. The van der Waals surface area contributed by atoms with E-state index in [-0.39, 0.29) is 12.6 Å². The van der Waals surface area contributed by atoms with E-state index in [0.29, 0.717) is 13.0 Å². The lowest BCUT2D eigenvalue weighted by molar-refractivity contribution is -0.135.